The number of likely N-dealkylation sites (tertiary alicyclic amines) is 1. The van der Waals surface area contributed by atoms with E-state index < -0.39 is 23.9 Å². The Morgan fingerprint density at radius 2 is 1.51 bits per heavy atom. The van der Waals surface area contributed by atoms with Crippen LogP contribution in [0, 0.1) is 0 Å². The zero-order chi connectivity index (χ0) is 27.8. The third-order valence-corrected chi connectivity index (χ3v) is 6.11. The first-order chi connectivity index (χ1) is 18.8. The Morgan fingerprint density at radius 1 is 0.897 bits per heavy atom. The van der Waals surface area contributed by atoms with Crippen molar-refractivity contribution in [1.29, 1.82) is 0 Å². The highest BCUT2D eigenvalue weighted by Gasteiger charge is 2.33. The highest BCUT2D eigenvalue weighted by Crippen LogP contribution is 2.22. The largest absolute Gasteiger partial charge is 0.490 e. The summed E-state index contributed by atoms with van der Waals surface area (Å²) in [5, 5.41) is 0.475. The lowest BCUT2D eigenvalue weighted by Gasteiger charge is -2.31. The standard InChI is InChI=1S/C28H28N2O9/c1-2-17-36-26(33)18-19-3-7-21(8-4-19)37-23-13-15-29(16-14-23)28(35)38-22-9-5-20(6-10-22)27(34)39-30-24(31)11-12-25(30)32/h2-10,23H,1,11-18H2. The molecule has 0 bridgehead atoms. The van der Waals surface area contributed by atoms with E-state index in [2.05, 4.69) is 6.58 Å². The van der Waals surface area contributed by atoms with Crippen molar-refractivity contribution in [2.75, 3.05) is 19.7 Å². The quantitative estimate of drug-likeness (QED) is 0.269. The van der Waals surface area contributed by atoms with E-state index >= 15 is 0 Å². The van der Waals surface area contributed by atoms with Gasteiger partial charge in [0.25, 0.3) is 11.8 Å². The lowest BCUT2D eigenvalue weighted by atomic mass is 10.1. The summed E-state index contributed by atoms with van der Waals surface area (Å²) >= 11 is 0. The molecule has 204 valence electrons. The lowest BCUT2D eigenvalue weighted by Crippen LogP contribution is -2.43. The van der Waals surface area contributed by atoms with Crippen LogP contribution in [0.1, 0.15) is 41.6 Å². The van der Waals surface area contributed by atoms with Crippen LogP contribution in [0.25, 0.3) is 0 Å². The third-order valence-electron chi connectivity index (χ3n) is 6.11. The Bertz CT molecular complexity index is 1220. The second-order valence-corrected chi connectivity index (χ2v) is 8.95. The summed E-state index contributed by atoms with van der Waals surface area (Å²) in [7, 11) is 0. The fourth-order valence-electron chi connectivity index (χ4n) is 4.02. The van der Waals surface area contributed by atoms with Crippen LogP contribution in [-0.2, 0) is 30.4 Å². The van der Waals surface area contributed by atoms with Crippen molar-refractivity contribution < 1.29 is 43.0 Å². The molecule has 0 aromatic heterocycles. The Morgan fingerprint density at radius 3 is 2.13 bits per heavy atom. The van der Waals surface area contributed by atoms with Crippen LogP contribution in [-0.4, -0.2) is 65.6 Å². The van der Waals surface area contributed by atoms with Gasteiger partial charge in [-0.15, -0.1) is 5.06 Å². The van der Waals surface area contributed by atoms with E-state index in [1.165, 1.54) is 30.3 Å². The van der Waals surface area contributed by atoms with Gasteiger partial charge >= 0.3 is 18.0 Å². The minimum Gasteiger partial charge on any atom is -0.490 e. The van der Waals surface area contributed by atoms with E-state index in [4.69, 9.17) is 19.0 Å². The topological polar surface area (TPSA) is 129 Å². The van der Waals surface area contributed by atoms with Crippen LogP contribution < -0.4 is 9.47 Å². The number of hydroxylamine groups is 2. The number of ether oxygens (including phenoxy) is 3. The highest BCUT2D eigenvalue weighted by molar-refractivity contribution is 6.02. The average Bonchev–Trinajstić information content (AvgIpc) is 3.26. The number of carbonyl (C=O) groups is 5. The predicted molar refractivity (Wildman–Crippen MR) is 135 cm³/mol. The van der Waals surface area contributed by atoms with Gasteiger partial charge < -0.3 is 23.9 Å². The molecule has 2 heterocycles. The second-order valence-electron chi connectivity index (χ2n) is 8.95. The zero-order valence-corrected chi connectivity index (χ0v) is 21.2. The first-order valence-corrected chi connectivity index (χ1v) is 12.5. The average molecular weight is 537 g/mol. The van der Waals surface area contributed by atoms with Gasteiger partial charge in [-0.05, 0) is 42.0 Å². The molecule has 0 saturated carbocycles. The molecule has 0 aliphatic carbocycles. The normalized spacial score (nSPS) is 15.6. The monoisotopic (exact) mass is 536 g/mol. The van der Waals surface area contributed by atoms with Gasteiger partial charge in [0.1, 0.15) is 24.2 Å². The number of benzene rings is 2. The van der Waals surface area contributed by atoms with E-state index in [-0.39, 0.29) is 49.3 Å². The van der Waals surface area contributed by atoms with Gasteiger partial charge in [-0.3, -0.25) is 14.4 Å². The molecule has 39 heavy (non-hydrogen) atoms. The first kappa shape index (κ1) is 27.4. The number of amides is 3. The van der Waals surface area contributed by atoms with Crippen LogP contribution in [0.5, 0.6) is 11.5 Å². The summed E-state index contributed by atoms with van der Waals surface area (Å²) in [5.74, 6) is -1.41. The molecule has 2 fully saturated rings. The fourth-order valence-corrected chi connectivity index (χ4v) is 4.02. The number of carbonyl (C=O) groups excluding carboxylic acids is 5. The fraction of sp³-hybridized carbons (Fsp3) is 0.321. The summed E-state index contributed by atoms with van der Waals surface area (Å²) in [5.41, 5.74) is 0.914. The molecule has 0 spiro atoms. The van der Waals surface area contributed by atoms with Gasteiger partial charge in [0.05, 0.1) is 12.0 Å². The Kier molecular flexibility index (Phi) is 8.93. The van der Waals surface area contributed by atoms with Gasteiger partial charge in [0.15, 0.2) is 0 Å². The Hall–Kier alpha value is -4.67. The van der Waals surface area contributed by atoms with Crippen molar-refractivity contribution in [3.05, 3.63) is 72.3 Å². The van der Waals surface area contributed by atoms with Crippen molar-refractivity contribution in [1.82, 2.24) is 9.96 Å². The van der Waals surface area contributed by atoms with Crippen molar-refractivity contribution in [3.63, 3.8) is 0 Å². The second kappa shape index (κ2) is 12.7. The molecule has 2 saturated heterocycles. The smallest absolute Gasteiger partial charge is 0.415 e. The molecule has 0 atom stereocenters. The summed E-state index contributed by atoms with van der Waals surface area (Å²) < 4.78 is 16.4. The van der Waals surface area contributed by atoms with Crippen LogP contribution in [0.3, 0.4) is 0 Å². The molecule has 0 unspecified atom stereocenters. The molecule has 2 aromatic rings. The molecule has 3 amide bonds. The number of esters is 1. The van der Waals surface area contributed by atoms with Crippen molar-refractivity contribution in [2.24, 2.45) is 0 Å². The summed E-state index contributed by atoms with van der Waals surface area (Å²) in [6, 6.07) is 12.9. The van der Waals surface area contributed by atoms with Gasteiger partial charge in [0.2, 0.25) is 0 Å². The Labute approximate surface area is 224 Å². The summed E-state index contributed by atoms with van der Waals surface area (Å²) in [6.07, 6.45) is 2.34. The minimum atomic E-state index is -0.862. The number of rotatable bonds is 9. The highest BCUT2D eigenvalue weighted by atomic mass is 16.7. The SMILES string of the molecule is C=CCOC(=O)Cc1ccc(OC2CCN(C(=O)Oc3ccc(C(=O)ON4C(=O)CCC4=O)cc3)CC2)cc1. The third kappa shape index (κ3) is 7.44. The Balaban J connectivity index is 1.20. The summed E-state index contributed by atoms with van der Waals surface area (Å²) in [6.45, 7) is 4.58. The molecule has 2 aliphatic rings. The molecule has 11 heteroatoms. The molecule has 4 rings (SSSR count). The maximum Gasteiger partial charge on any atom is 0.415 e. The van der Waals surface area contributed by atoms with Crippen molar-refractivity contribution >= 4 is 29.8 Å². The molecule has 11 nitrogen and oxygen atoms in total. The van der Waals surface area contributed by atoms with Gasteiger partial charge in [0, 0.05) is 38.8 Å². The maximum atomic E-state index is 12.6. The van der Waals surface area contributed by atoms with Crippen LogP contribution in [0.4, 0.5) is 4.79 Å². The van der Waals surface area contributed by atoms with E-state index in [0.29, 0.717) is 36.7 Å². The van der Waals surface area contributed by atoms with Crippen LogP contribution in [0.2, 0.25) is 0 Å². The molecule has 2 aliphatic heterocycles. The van der Waals surface area contributed by atoms with Gasteiger partial charge in [-0.25, -0.2) is 9.59 Å². The van der Waals surface area contributed by atoms with Crippen molar-refractivity contribution in [3.8, 4) is 11.5 Å². The number of piperidine rings is 1. The number of imide groups is 1. The molecular formula is C28H28N2O9. The number of nitrogens with zero attached hydrogens (tertiary/aromatic N) is 2. The van der Waals surface area contributed by atoms with Gasteiger partial charge in [-0.1, -0.05) is 24.8 Å². The molecule has 2 aromatic carbocycles. The van der Waals surface area contributed by atoms with E-state index in [9.17, 15) is 24.0 Å². The zero-order valence-electron chi connectivity index (χ0n) is 21.2. The number of hydrogen-bond acceptors (Lipinski definition) is 9. The lowest BCUT2D eigenvalue weighted by molar-refractivity contribution is -0.172. The van der Waals surface area contributed by atoms with E-state index in [1.807, 2.05) is 12.1 Å². The predicted octanol–water partition coefficient (Wildman–Crippen LogP) is 3.22. The van der Waals surface area contributed by atoms with Gasteiger partial charge in [-0.2, -0.15) is 0 Å². The first-order valence-electron chi connectivity index (χ1n) is 12.5. The minimum absolute atomic E-state index is 0.00773. The van der Waals surface area contributed by atoms with Crippen molar-refractivity contribution in [2.45, 2.75) is 38.2 Å². The molecular weight excluding hydrogens is 508 g/mol. The molecule has 0 N–H and O–H groups in total. The van der Waals surface area contributed by atoms with Crippen LogP contribution in [0.15, 0.2) is 61.2 Å². The number of hydrogen-bond donors (Lipinski definition) is 0. The van der Waals surface area contributed by atoms with E-state index in [1.54, 1.807) is 17.0 Å². The summed E-state index contributed by atoms with van der Waals surface area (Å²) in [4.78, 5) is 66.2. The van der Waals surface area contributed by atoms with E-state index in [0.717, 1.165) is 5.56 Å². The maximum absolute atomic E-state index is 12.6. The molecule has 0 radical (unpaired) electrons. The van der Waals surface area contributed by atoms with Crippen LogP contribution >= 0.6 is 0 Å².